The maximum Gasteiger partial charge on any atom is 0.208 e. The van der Waals surface area contributed by atoms with Gasteiger partial charge in [0.25, 0.3) is 0 Å². The summed E-state index contributed by atoms with van der Waals surface area (Å²) in [5.41, 5.74) is 2.73. The Morgan fingerprint density at radius 3 is 2.71 bits per heavy atom. The van der Waals surface area contributed by atoms with E-state index in [2.05, 4.69) is 20.2 Å². The van der Waals surface area contributed by atoms with Crippen LogP contribution in [0.15, 0.2) is 4.99 Å². The molecule has 2 heterocycles. The van der Waals surface area contributed by atoms with Crippen LogP contribution in [-0.2, 0) is 0 Å². The van der Waals surface area contributed by atoms with Crippen LogP contribution in [0.4, 0.5) is 0 Å². The van der Waals surface area contributed by atoms with Crippen molar-refractivity contribution in [2.45, 2.75) is 38.6 Å². The van der Waals surface area contributed by atoms with Gasteiger partial charge in [0.2, 0.25) is 5.96 Å². The molecule has 17 heavy (non-hydrogen) atoms. The van der Waals surface area contributed by atoms with Crippen LogP contribution >= 0.6 is 0 Å². The lowest BCUT2D eigenvalue weighted by atomic mass is 10.1. The smallest absolute Gasteiger partial charge is 0.208 e. The summed E-state index contributed by atoms with van der Waals surface area (Å²) in [5.74, 6) is 6.38. The third-order valence-electron chi connectivity index (χ3n) is 3.81. The van der Waals surface area contributed by atoms with Crippen LogP contribution in [0, 0.1) is 0 Å². The molecule has 2 aliphatic heterocycles. The van der Waals surface area contributed by atoms with Crippen molar-refractivity contribution in [3.8, 4) is 0 Å². The number of nitrogens with two attached hydrogens (primary N) is 1. The lowest BCUT2D eigenvalue weighted by Gasteiger charge is -2.32. The van der Waals surface area contributed by atoms with Crippen LogP contribution in [0.25, 0.3) is 0 Å². The van der Waals surface area contributed by atoms with E-state index >= 15 is 0 Å². The number of likely N-dealkylation sites (tertiary alicyclic amines) is 2. The van der Waals surface area contributed by atoms with Crippen LogP contribution in [0.1, 0.15) is 32.6 Å². The molecule has 0 aromatic carbocycles. The normalized spacial score (nSPS) is 27.5. The average Bonchev–Trinajstić information content (AvgIpc) is 2.86. The monoisotopic (exact) mass is 239 g/mol. The number of piperidine rings is 1. The van der Waals surface area contributed by atoms with Crippen molar-refractivity contribution >= 4 is 5.96 Å². The van der Waals surface area contributed by atoms with E-state index in [-0.39, 0.29) is 0 Å². The van der Waals surface area contributed by atoms with E-state index < -0.39 is 0 Å². The number of guanidine groups is 1. The molecule has 2 saturated heterocycles. The summed E-state index contributed by atoms with van der Waals surface area (Å²) in [6, 6.07) is 0.700. The highest BCUT2D eigenvalue weighted by molar-refractivity contribution is 5.79. The highest BCUT2D eigenvalue weighted by Gasteiger charge is 2.29. The van der Waals surface area contributed by atoms with Gasteiger partial charge in [0.15, 0.2) is 0 Å². The lowest BCUT2D eigenvalue weighted by Crippen LogP contribution is -2.46. The van der Waals surface area contributed by atoms with Gasteiger partial charge in [-0.2, -0.15) is 0 Å². The van der Waals surface area contributed by atoms with Crippen molar-refractivity contribution in [3.05, 3.63) is 0 Å². The van der Waals surface area contributed by atoms with Gasteiger partial charge in [0.05, 0.1) is 0 Å². The van der Waals surface area contributed by atoms with Gasteiger partial charge in [-0.15, -0.1) is 0 Å². The molecule has 0 saturated carbocycles. The Morgan fingerprint density at radius 1 is 1.29 bits per heavy atom. The van der Waals surface area contributed by atoms with E-state index in [0.29, 0.717) is 6.04 Å². The Balaban J connectivity index is 1.87. The van der Waals surface area contributed by atoms with Gasteiger partial charge in [-0.05, 0) is 39.3 Å². The Bertz CT molecular complexity index is 260. The van der Waals surface area contributed by atoms with Crippen molar-refractivity contribution in [3.63, 3.8) is 0 Å². The molecule has 5 heteroatoms. The SMILES string of the molecule is CCN=C(NN)N1CCC(N2CCCCC2)C1. The van der Waals surface area contributed by atoms with E-state index in [0.717, 1.165) is 25.6 Å². The molecule has 0 aromatic heterocycles. The second-order valence-electron chi connectivity index (χ2n) is 4.93. The molecule has 2 rings (SSSR count). The summed E-state index contributed by atoms with van der Waals surface area (Å²) >= 11 is 0. The highest BCUT2D eigenvalue weighted by atomic mass is 15.4. The first-order valence-corrected chi connectivity index (χ1v) is 6.85. The summed E-state index contributed by atoms with van der Waals surface area (Å²) in [6.45, 7) is 7.51. The van der Waals surface area contributed by atoms with Crippen molar-refractivity contribution in [2.75, 3.05) is 32.7 Å². The van der Waals surface area contributed by atoms with Gasteiger partial charge in [-0.25, -0.2) is 5.84 Å². The van der Waals surface area contributed by atoms with Crippen LogP contribution in [-0.4, -0.2) is 54.5 Å². The zero-order valence-corrected chi connectivity index (χ0v) is 10.9. The molecule has 3 N–H and O–H groups in total. The molecule has 0 radical (unpaired) electrons. The molecule has 1 atom stereocenters. The predicted molar refractivity (Wildman–Crippen MR) is 70.7 cm³/mol. The van der Waals surface area contributed by atoms with E-state index in [9.17, 15) is 0 Å². The number of hydrazine groups is 1. The summed E-state index contributed by atoms with van der Waals surface area (Å²) in [7, 11) is 0. The van der Waals surface area contributed by atoms with Gasteiger partial charge in [-0.3, -0.25) is 15.3 Å². The van der Waals surface area contributed by atoms with Crippen LogP contribution < -0.4 is 11.3 Å². The molecule has 1 unspecified atom stereocenters. The maximum absolute atomic E-state index is 5.53. The fraction of sp³-hybridized carbons (Fsp3) is 0.917. The molecular formula is C12H25N5. The second-order valence-corrected chi connectivity index (χ2v) is 4.93. The van der Waals surface area contributed by atoms with Gasteiger partial charge in [0.1, 0.15) is 0 Å². The Morgan fingerprint density at radius 2 is 2.06 bits per heavy atom. The van der Waals surface area contributed by atoms with E-state index in [1.54, 1.807) is 0 Å². The third-order valence-corrected chi connectivity index (χ3v) is 3.81. The van der Waals surface area contributed by atoms with Crippen LogP contribution in [0.3, 0.4) is 0 Å². The molecule has 0 amide bonds. The van der Waals surface area contributed by atoms with Crippen LogP contribution in [0.2, 0.25) is 0 Å². The minimum absolute atomic E-state index is 0.700. The highest BCUT2D eigenvalue weighted by Crippen LogP contribution is 2.20. The standard InChI is InChI=1S/C12H25N5/c1-2-14-12(15-13)17-9-6-11(10-17)16-7-4-3-5-8-16/h11H,2-10,13H2,1H3,(H,14,15). The van der Waals surface area contributed by atoms with Gasteiger partial charge < -0.3 is 4.90 Å². The molecule has 0 aliphatic carbocycles. The number of rotatable bonds is 2. The molecule has 2 aliphatic rings. The largest absolute Gasteiger partial charge is 0.340 e. The number of hydrogen-bond donors (Lipinski definition) is 2. The van der Waals surface area contributed by atoms with Gasteiger partial charge in [0, 0.05) is 25.7 Å². The van der Waals surface area contributed by atoms with E-state index in [1.807, 2.05) is 6.92 Å². The zero-order valence-electron chi connectivity index (χ0n) is 10.9. The summed E-state index contributed by atoms with van der Waals surface area (Å²) in [6.07, 6.45) is 5.37. The Hall–Kier alpha value is -0.810. The van der Waals surface area contributed by atoms with Crippen molar-refractivity contribution in [1.82, 2.24) is 15.2 Å². The minimum Gasteiger partial charge on any atom is -0.340 e. The van der Waals surface area contributed by atoms with Gasteiger partial charge in [-0.1, -0.05) is 6.42 Å². The van der Waals surface area contributed by atoms with E-state index in [1.165, 1.54) is 38.8 Å². The third kappa shape index (κ3) is 3.10. The van der Waals surface area contributed by atoms with Crippen LogP contribution in [0.5, 0.6) is 0 Å². The quantitative estimate of drug-likeness (QED) is 0.317. The topological polar surface area (TPSA) is 56.9 Å². The fourth-order valence-corrected chi connectivity index (χ4v) is 2.90. The second kappa shape index (κ2) is 6.21. The molecule has 0 bridgehead atoms. The first-order valence-electron chi connectivity index (χ1n) is 6.85. The number of aliphatic imine (C=N–C) groups is 1. The Labute approximate surface area is 104 Å². The molecule has 98 valence electrons. The number of hydrogen-bond acceptors (Lipinski definition) is 3. The Kier molecular flexibility index (Phi) is 4.62. The molecule has 2 fully saturated rings. The fourth-order valence-electron chi connectivity index (χ4n) is 2.90. The first kappa shape index (κ1) is 12.6. The summed E-state index contributed by atoms with van der Waals surface area (Å²) in [5, 5.41) is 0. The molecule has 0 spiro atoms. The average molecular weight is 239 g/mol. The molecule has 0 aromatic rings. The first-order chi connectivity index (χ1) is 8.35. The summed E-state index contributed by atoms with van der Waals surface area (Å²) < 4.78 is 0. The number of nitrogens with zero attached hydrogens (tertiary/aromatic N) is 3. The zero-order chi connectivity index (χ0) is 12.1. The van der Waals surface area contributed by atoms with Crippen molar-refractivity contribution in [1.29, 1.82) is 0 Å². The lowest BCUT2D eigenvalue weighted by molar-refractivity contribution is 0.168. The predicted octanol–water partition coefficient (Wildman–Crippen LogP) is 0.386. The van der Waals surface area contributed by atoms with Gasteiger partial charge >= 0.3 is 0 Å². The summed E-state index contributed by atoms with van der Waals surface area (Å²) in [4.78, 5) is 9.32. The maximum atomic E-state index is 5.53. The van der Waals surface area contributed by atoms with Crippen molar-refractivity contribution in [2.24, 2.45) is 10.8 Å². The van der Waals surface area contributed by atoms with Crippen molar-refractivity contribution < 1.29 is 0 Å². The minimum atomic E-state index is 0.700. The number of nitrogens with one attached hydrogen (secondary N) is 1. The molecular weight excluding hydrogens is 214 g/mol. The van der Waals surface area contributed by atoms with E-state index in [4.69, 9.17) is 5.84 Å². The molecule has 5 nitrogen and oxygen atoms in total.